The van der Waals surface area contributed by atoms with E-state index in [4.69, 9.17) is 4.74 Å². The van der Waals surface area contributed by atoms with Gasteiger partial charge in [0.2, 0.25) is 0 Å². The van der Waals surface area contributed by atoms with Gasteiger partial charge in [-0.1, -0.05) is 24.3 Å². The summed E-state index contributed by atoms with van der Waals surface area (Å²) in [5.74, 6) is 2.43. The van der Waals surface area contributed by atoms with E-state index in [0.717, 1.165) is 35.3 Å². The molecule has 0 radical (unpaired) electrons. The lowest BCUT2D eigenvalue weighted by molar-refractivity contribution is 0.222. The fraction of sp³-hybridized carbons (Fsp3) is 0.350. The summed E-state index contributed by atoms with van der Waals surface area (Å²) in [6.45, 7) is 7.98. The van der Waals surface area contributed by atoms with Crippen LogP contribution in [0.3, 0.4) is 0 Å². The summed E-state index contributed by atoms with van der Waals surface area (Å²) in [6, 6.07) is 13.8. The Morgan fingerprint density at radius 3 is 2.71 bits per heavy atom. The zero-order valence-electron chi connectivity index (χ0n) is 16.4. The van der Waals surface area contributed by atoms with Gasteiger partial charge in [0.1, 0.15) is 18.4 Å². The van der Waals surface area contributed by atoms with Crippen molar-refractivity contribution in [2.75, 3.05) is 13.1 Å². The first-order valence-corrected chi connectivity index (χ1v) is 9.20. The number of aliphatic imine (C=N–C) groups is 1. The van der Waals surface area contributed by atoms with Gasteiger partial charge in [0.15, 0.2) is 17.4 Å². The van der Waals surface area contributed by atoms with Crippen molar-refractivity contribution in [2.45, 2.75) is 33.4 Å². The average molecular weight is 494 g/mol. The Morgan fingerprint density at radius 2 is 1.93 bits per heavy atom. The number of benzene rings is 1. The van der Waals surface area contributed by atoms with Crippen LogP contribution in [0.5, 0.6) is 5.75 Å². The Morgan fingerprint density at radius 1 is 1.14 bits per heavy atom. The van der Waals surface area contributed by atoms with Crippen LogP contribution >= 0.6 is 24.0 Å². The van der Waals surface area contributed by atoms with Gasteiger partial charge in [-0.25, -0.2) is 4.99 Å². The van der Waals surface area contributed by atoms with Crippen LogP contribution in [0.2, 0.25) is 0 Å². The van der Waals surface area contributed by atoms with E-state index in [-0.39, 0.29) is 30.1 Å². The molecule has 0 aliphatic carbocycles. The van der Waals surface area contributed by atoms with Crippen LogP contribution in [0, 0.1) is 6.92 Å². The number of halogens is 1. The number of hydrogen-bond donors (Lipinski definition) is 2. The number of nitrogens with one attached hydrogen (secondary N) is 2. The van der Waals surface area contributed by atoms with Crippen molar-refractivity contribution in [1.82, 2.24) is 25.2 Å². The number of pyridine rings is 1. The van der Waals surface area contributed by atoms with Crippen LogP contribution in [-0.2, 0) is 6.54 Å². The maximum absolute atomic E-state index is 6.01. The van der Waals surface area contributed by atoms with Gasteiger partial charge in [0, 0.05) is 12.7 Å². The third-order valence-electron chi connectivity index (χ3n) is 4.09. The Labute approximate surface area is 182 Å². The number of para-hydroxylation sites is 1. The standard InChI is InChI=1S/C20H26N6O.HI/c1-4-21-20(22-13-16(3)27-17-10-6-5-9-15(17)2)23-14-19-25-24-18-11-7-8-12-26(18)19;/h5-12,16H,4,13-14H2,1-3H3,(H2,21,22,23);1H. The lowest BCUT2D eigenvalue weighted by Crippen LogP contribution is -2.41. The number of fused-ring (bicyclic) bond motifs is 1. The molecular weight excluding hydrogens is 467 g/mol. The molecule has 0 spiro atoms. The highest BCUT2D eigenvalue weighted by Crippen LogP contribution is 2.17. The second kappa shape index (κ2) is 10.8. The number of hydrogen-bond acceptors (Lipinski definition) is 4. The van der Waals surface area contributed by atoms with Gasteiger partial charge in [0.25, 0.3) is 0 Å². The second-order valence-corrected chi connectivity index (χ2v) is 6.32. The highest BCUT2D eigenvalue weighted by Gasteiger charge is 2.08. The van der Waals surface area contributed by atoms with Crippen LogP contribution in [0.25, 0.3) is 5.65 Å². The topological polar surface area (TPSA) is 75.8 Å². The van der Waals surface area contributed by atoms with E-state index in [1.165, 1.54) is 0 Å². The van der Waals surface area contributed by atoms with E-state index in [1.807, 2.05) is 73.8 Å². The summed E-state index contributed by atoms with van der Waals surface area (Å²) >= 11 is 0. The Hall–Kier alpha value is -2.36. The molecular formula is C20H27IN6O. The summed E-state index contributed by atoms with van der Waals surface area (Å²) < 4.78 is 7.95. The Bertz CT molecular complexity index is 910. The summed E-state index contributed by atoms with van der Waals surface area (Å²) in [5, 5.41) is 14.9. The molecule has 2 heterocycles. The molecule has 2 N–H and O–H groups in total. The molecule has 0 fully saturated rings. The molecule has 8 heteroatoms. The number of nitrogens with zero attached hydrogens (tertiary/aromatic N) is 4. The lowest BCUT2D eigenvalue weighted by atomic mass is 10.2. The molecule has 0 saturated heterocycles. The molecule has 1 aromatic carbocycles. The molecule has 3 rings (SSSR count). The predicted molar refractivity (Wildman–Crippen MR) is 122 cm³/mol. The maximum Gasteiger partial charge on any atom is 0.191 e. The van der Waals surface area contributed by atoms with Gasteiger partial charge >= 0.3 is 0 Å². The first-order chi connectivity index (χ1) is 13.2. The van der Waals surface area contributed by atoms with E-state index in [1.54, 1.807) is 0 Å². The van der Waals surface area contributed by atoms with Gasteiger partial charge in [0.05, 0.1) is 6.54 Å². The molecule has 28 heavy (non-hydrogen) atoms. The molecule has 0 aliphatic rings. The second-order valence-electron chi connectivity index (χ2n) is 6.32. The number of ether oxygens (including phenoxy) is 1. The predicted octanol–water partition coefficient (Wildman–Crippen LogP) is 3.18. The van der Waals surface area contributed by atoms with Crippen LogP contribution in [-0.4, -0.2) is 39.8 Å². The third-order valence-corrected chi connectivity index (χ3v) is 4.09. The minimum absolute atomic E-state index is 0. The molecule has 0 amide bonds. The SMILES string of the molecule is CCNC(=NCc1nnc2ccccn12)NCC(C)Oc1ccccc1C.I. The third kappa shape index (κ3) is 5.82. The molecule has 150 valence electrons. The van der Waals surface area contributed by atoms with Gasteiger partial charge in [-0.15, -0.1) is 34.2 Å². The Kier molecular flexibility index (Phi) is 8.49. The largest absolute Gasteiger partial charge is 0.489 e. The number of guanidine groups is 1. The van der Waals surface area contributed by atoms with E-state index in [9.17, 15) is 0 Å². The van der Waals surface area contributed by atoms with Crippen molar-refractivity contribution >= 4 is 35.6 Å². The molecule has 2 aromatic heterocycles. The van der Waals surface area contributed by atoms with Crippen molar-refractivity contribution in [3.8, 4) is 5.75 Å². The van der Waals surface area contributed by atoms with Gasteiger partial charge in [-0.2, -0.15) is 0 Å². The van der Waals surface area contributed by atoms with Gasteiger partial charge < -0.3 is 15.4 Å². The molecule has 1 atom stereocenters. The van der Waals surface area contributed by atoms with E-state index < -0.39 is 0 Å². The van der Waals surface area contributed by atoms with Crippen LogP contribution in [0.15, 0.2) is 53.7 Å². The van der Waals surface area contributed by atoms with Crippen molar-refractivity contribution in [2.24, 2.45) is 4.99 Å². The molecule has 7 nitrogen and oxygen atoms in total. The first-order valence-electron chi connectivity index (χ1n) is 9.20. The summed E-state index contributed by atoms with van der Waals surface area (Å²) in [5.41, 5.74) is 1.95. The maximum atomic E-state index is 6.01. The monoisotopic (exact) mass is 494 g/mol. The van der Waals surface area contributed by atoms with Crippen molar-refractivity contribution in [3.05, 3.63) is 60.0 Å². The lowest BCUT2D eigenvalue weighted by Gasteiger charge is -2.18. The molecule has 0 saturated carbocycles. The minimum atomic E-state index is 0. The first kappa shape index (κ1) is 21.9. The zero-order valence-corrected chi connectivity index (χ0v) is 18.8. The number of aryl methyl sites for hydroxylation is 1. The van der Waals surface area contributed by atoms with Crippen LogP contribution < -0.4 is 15.4 Å². The number of aromatic nitrogens is 3. The van der Waals surface area contributed by atoms with Crippen molar-refractivity contribution < 1.29 is 4.74 Å². The van der Waals surface area contributed by atoms with E-state index in [2.05, 4.69) is 25.8 Å². The van der Waals surface area contributed by atoms with Crippen LogP contribution in [0.4, 0.5) is 0 Å². The summed E-state index contributed by atoms with van der Waals surface area (Å²) in [7, 11) is 0. The fourth-order valence-corrected chi connectivity index (χ4v) is 2.68. The molecule has 1 unspecified atom stereocenters. The smallest absolute Gasteiger partial charge is 0.191 e. The zero-order chi connectivity index (χ0) is 19.1. The van der Waals surface area contributed by atoms with Gasteiger partial charge in [-0.05, 0) is 44.5 Å². The number of rotatable bonds is 7. The molecule has 3 aromatic rings. The summed E-state index contributed by atoms with van der Waals surface area (Å²) in [4.78, 5) is 4.62. The Balaban J connectivity index is 0.00000280. The van der Waals surface area contributed by atoms with Gasteiger partial charge in [-0.3, -0.25) is 4.40 Å². The quantitative estimate of drug-likeness (QED) is 0.300. The molecule has 0 bridgehead atoms. The average Bonchev–Trinajstić information content (AvgIpc) is 3.09. The van der Waals surface area contributed by atoms with E-state index >= 15 is 0 Å². The van der Waals surface area contributed by atoms with E-state index in [0.29, 0.717) is 13.1 Å². The van der Waals surface area contributed by atoms with Crippen molar-refractivity contribution in [3.63, 3.8) is 0 Å². The van der Waals surface area contributed by atoms with Crippen molar-refractivity contribution in [1.29, 1.82) is 0 Å². The highest BCUT2D eigenvalue weighted by molar-refractivity contribution is 14.0. The normalized spacial score (nSPS) is 12.3. The van der Waals surface area contributed by atoms with Crippen LogP contribution in [0.1, 0.15) is 25.2 Å². The fourth-order valence-electron chi connectivity index (χ4n) is 2.68. The highest BCUT2D eigenvalue weighted by atomic mass is 127. The minimum Gasteiger partial charge on any atom is -0.489 e. The molecule has 0 aliphatic heterocycles. The summed E-state index contributed by atoms with van der Waals surface area (Å²) in [6.07, 6.45) is 1.95.